The average Bonchev–Trinajstić information content (AvgIpc) is 3.26. The Balaban J connectivity index is 1.72. The second kappa shape index (κ2) is 9.89. The van der Waals surface area contributed by atoms with Crippen LogP contribution in [-0.4, -0.2) is 40.2 Å². The Morgan fingerprint density at radius 2 is 2.03 bits per heavy atom. The summed E-state index contributed by atoms with van der Waals surface area (Å²) >= 11 is 0. The monoisotopic (exact) mass is 448 g/mol. The number of aliphatic hydroxyl groups excluding tert-OH is 1. The molecule has 0 bridgehead atoms. The zero-order valence-corrected chi connectivity index (χ0v) is 18.7. The van der Waals surface area contributed by atoms with Gasteiger partial charge in [0.15, 0.2) is 5.78 Å². The van der Waals surface area contributed by atoms with E-state index in [2.05, 4.69) is 10.3 Å². The van der Waals surface area contributed by atoms with E-state index in [1.165, 1.54) is 6.92 Å². The molecule has 0 fully saturated rings. The van der Waals surface area contributed by atoms with E-state index in [1.54, 1.807) is 13.2 Å². The fraction of sp³-hybridized carbons (Fsp3) is 0.280. The van der Waals surface area contributed by atoms with Gasteiger partial charge in [0.05, 0.1) is 31.2 Å². The van der Waals surface area contributed by atoms with Crippen LogP contribution in [0.15, 0.2) is 66.6 Å². The number of anilines is 1. The van der Waals surface area contributed by atoms with Gasteiger partial charge in [-0.25, -0.2) is 4.98 Å². The summed E-state index contributed by atoms with van der Waals surface area (Å²) < 4.78 is 12.8. The molecule has 0 spiro atoms. The molecule has 2 heterocycles. The second-order valence-electron chi connectivity index (χ2n) is 7.88. The molecule has 33 heavy (non-hydrogen) atoms. The molecule has 2 aromatic carbocycles. The molecule has 4 N–H and O–H groups in total. The number of hydrogen-bond donors (Lipinski definition) is 3. The molecule has 1 aliphatic heterocycles. The molecule has 0 radical (unpaired) electrons. The SMILES string of the molecule is COc1cccc(NC(C(=O)C(N)/C(=C(/C)O)c2ccccc2)c2cn3c(n2)COCC3)c1. The van der Waals surface area contributed by atoms with Crippen LogP contribution in [0.5, 0.6) is 5.75 Å². The number of ketones is 1. The maximum atomic E-state index is 13.8. The summed E-state index contributed by atoms with van der Waals surface area (Å²) in [4.78, 5) is 18.4. The van der Waals surface area contributed by atoms with Gasteiger partial charge in [0, 0.05) is 30.1 Å². The van der Waals surface area contributed by atoms with Gasteiger partial charge in [0.1, 0.15) is 24.2 Å². The van der Waals surface area contributed by atoms with Gasteiger partial charge >= 0.3 is 0 Å². The van der Waals surface area contributed by atoms with Gasteiger partial charge in [-0.1, -0.05) is 36.4 Å². The largest absolute Gasteiger partial charge is 0.512 e. The molecular weight excluding hydrogens is 420 g/mol. The fourth-order valence-electron chi connectivity index (χ4n) is 3.97. The van der Waals surface area contributed by atoms with E-state index in [1.807, 2.05) is 59.3 Å². The van der Waals surface area contributed by atoms with Gasteiger partial charge in [0.25, 0.3) is 0 Å². The molecule has 8 nitrogen and oxygen atoms in total. The third kappa shape index (κ3) is 4.92. The highest BCUT2D eigenvalue weighted by Crippen LogP contribution is 2.29. The van der Waals surface area contributed by atoms with Crippen LogP contribution in [0.2, 0.25) is 0 Å². The van der Waals surface area contributed by atoms with Crippen molar-refractivity contribution in [3.05, 3.63) is 83.6 Å². The lowest BCUT2D eigenvalue weighted by atomic mass is 9.91. The minimum atomic E-state index is -1.07. The number of fused-ring (bicyclic) bond motifs is 1. The van der Waals surface area contributed by atoms with Crippen molar-refractivity contribution >= 4 is 17.0 Å². The van der Waals surface area contributed by atoms with Crippen molar-refractivity contribution in [3.8, 4) is 5.75 Å². The lowest BCUT2D eigenvalue weighted by molar-refractivity contribution is -0.120. The van der Waals surface area contributed by atoms with Crippen LogP contribution in [0, 0.1) is 0 Å². The molecule has 1 aliphatic rings. The van der Waals surface area contributed by atoms with Crippen LogP contribution < -0.4 is 15.8 Å². The summed E-state index contributed by atoms with van der Waals surface area (Å²) in [7, 11) is 1.59. The van der Waals surface area contributed by atoms with Gasteiger partial charge in [-0.05, 0) is 24.6 Å². The molecule has 0 saturated heterocycles. The number of ether oxygens (including phenoxy) is 2. The Morgan fingerprint density at radius 1 is 1.24 bits per heavy atom. The first kappa shape index (κ1) is 22.6. The van der Waals surface area contributed by atoms with Gasteiger partial charge in [0.2, 0.25) is 0 Å². The second-order valence-corrected chi connectivity index (χ2v) is 7.88. The molecule has 0 saturated carbocycles. The van der Waals surface area contributed by atoms with Gasteiger partial charge in [-0.3, -0.25) is 4.79 Å². The van der Waals surface area contributed by atoms with Crippen LogP contribution in [-0.2, 0) is 22.7 Å². The van der Waals surface area contributed by atoms with E-state index in [-0.39, 0.29) is 11.5 Å². The molecule has 8 heteroatoms. The van der Waals surface area contributed by atoms with E-state index in [0.717, 1.165) is 5.82 Å². The van der Waals surface area contributed by atoms with Crippen LogP contribution in [0.3, 0.4) is 0 Å². The molecule has 2 atom stereocenters. The van der Waals surface area contributed by atoms with Crippen molar-refractivity contribution in [1.29, 1.82) is 0 Å². The minimum Gasteiger partial charge on any atom is -0.512 e. The van der Waals surface area contributed by atoms with E-state index >= 15 is 0 Å². The van der Waals surface area contributed by atoms with E-state index < -0.39 is 12.1 Å². The van der Waals surface area contributed by atoms with Crippen molar-refractivity contribution in [2.45, 2.75) is 32.2 Å². The number of Topliss-reactive ketones (excluding diaryl/α,β-unsaturated/α-hetero) is 1. The highest BCUT2D eigenvalue weighted by molar-refractivity contribution is 6.01. The van der Waals surface area contributed by atoms with Crippen molar-refractivity contribution < 1.29 is 19.4 Å². The Labute approximate surface area is 192 Å². The van der Waals surface area contributed by atoms with Crippen LogP contribution in [0.4, 0.5) is 5.69 Å². The number of aliphatic hydroxyl groups is 1. The number of benzene rings is 2. The average molecular weight is 449 g/mol. The van der Waals surface area contributed by atoms with Crippen molar-refractivity contribution in [1.82, 2.24) is 9.55 Å². The first-order chi connectivity index (χ1) is 16.0. The third-order valence-electron chi connectivity index (χ3n) is 5.64. The molecule has 1 aromatic heterocycles. The molecule has 4 rings (SSSR count). The highest BCUT2D eigenvalue weighted by Gasteiger charge is 2.32. The Hall–Kier alpha value is -3.62. The zero-order valence-electron chi connectivity index (χ0n) is 18.7. The number of nitrogens with two attached hydrogens (primary N) is 1. The lowest BCUT2D eigenvalue weighted by Crippen LogP contribution is -2.39. The number of hydrogen-bond acceptors (Lipinski definition) is 7. The van der Waals surface area contributed by atoms with Crippen LogP contribution >= 0.6 is 0 Å². The lowest BCUT2D eigenvalue weighted by Gasteiger charge is -2.23. The molecule has 2 unspecified atom stereocenters. The number of nitrogens with zero attached hydrogens (tertiary/aromatic N) is 2. The molecule has 0 aliphatic carbocycles. The predicted octanol–water partition coefficient (Wildman–Crippen LogP) is 3.46. The third-order valence-corrected chi connectivity index (χ3v) is 5.64. The molecule has 172 valence electrons. The molecular formula is C25H28N4O4. The molecule has 3 aromatic rings. The summed E-state index contributed by atoms with van der Waals surface area (Å²) in [5.41, 5.74) is 8.78. The van der Waals surface area contributed by atoms with Gasteiger partial charge in [-0.15, -0.1) is 0 Å². The Bertz CT molecular complexity index is 1130. The van der Waals surface area contributed by atoms with Crippen molar-refractivity contribution in [3.63, 3.8) is 0 Å². The maximum Gasteiger partial charge on any atom is 0.182 e. The van der Waals surface area contributed by atoms with E-state index in [0.29, 0.717) is 48.0 Å². The summed E-state index contributed by atoms with van der Waals surface area (Å²) in [6, 6.07) is 14.6. The first-order valence-electron chi connectivity index (χ1n) is 10.8. The van der Waals surface area contributed by atoms with Gasteiger partial charge < -0.3 is 30.2 Å². The number of methoxy groups -OCH3 is 1. The summed E-state index contributed by atoms with van der Waals surface area (Å²) in [5.74, 6) is 1.09. The number of nitrogens with one attached hydrogen (secondary N) is 1. The molecule has 0 amide bonds. The minimum absolute atomic E-state index is 0.000264. The standard InChI is InChI=1S/C25H28N4O4/c1-16(30)22(17-7-4-3-5-8-17)23(26)25(31)24(27-18-9-6-10-19(13-18)32-2)20-14-29-11-12-33-15-21(29)28-20/h3-10,13-14,23-24,27,30H,11-12,15,26H2,1-2H3/b22-16-. The number of aromatic nitrogens is 2. The van der Waals surface area contributed by atoms with Crippen LogP contribution in [0.25, 0.3) is 5.57 Å². The zero-order chi connectivity index (χ0) is 23.4. The Kier molecular flexibility index (Phi) is 6.76. The quantitative estimate of drug-likeness (QED) is 0.453. The van der Waals surface area contributed by atoms with Crippen LogP contribution in [0.1, 0.15) is 30.0 Å². The van der Waals surface area contributed by atoms with Crippen molar-refractivity contribution in [2.24, 2.45) is 5.73 Å². The normalized spacial score (nSPS) is 15.7. The number of rotatable bonds is 8. The number of carbonyl (C=O) groups excluding carboxylic acids is 1. The first-order valence-corrected chi connectivity index (χ1v) is 10.8. The van der Waals surface area contributed by atoms with Crippen molar-refractivity contribution in [2.75, 3.05) is 19.0 Å². The maximum absolute atomic E-state index is 13.8. The number of carbonyl (C=O) groups is 1. The van der Waals surface area contributed by atoms with Gasteiger partial charge in [-0.2, -0.15) is 0 Å². The number of imidazole rings is 1. The summed E-state index contributed by atoms with van der Waals surface area (Å²) in [6.07, 6.45) is 1.86. The van der Waals surface area contributed by atoms with E-state index in [4.69, 9.17) is 15.2 Å². The summed E-state index contributed by atoms with van der Waals surface area (Å²) in [5, 5.41) is 13.7. The fourth-order valence-corrected chi connectivity index (χ4v) is 3.97. The summed E-state index contributed by atoms with van der Waals surface area (Å²) in [6.45, 7) is 3.18. The smallest absolute Gasteiger partial charge is 0.182 e. The van der Waals surface area contributed by atoms with E-state index in [9.17, 15) is 9.90 Å². The number of allylic oxidation sites excluding steroid dienone is 1. The Morgan fingerprint density at radius 3 is 2.73 bits per heavy atom. The topological polar surface area (TPSA) is 112 Å². The highest BCUT2D eigenvalue weighted by atomic mass is 16.5. The predicted molar refractivity (Wildman–Crippen MR) is 126 cm³/mol.